The Morgan fingerprint density at radius 2 is 1.66 bits per heavy atom. The highest BCUT2D eigenvalue weighted by molar-refractivity contribution is 7.92. The minimum Gasteiger partial charge on any atom is -0.359 e. The lowest BCUT2D eigenvalue weighted by Gasteiger charge is -2.24. The molecule has 10 nitrogen and oxygen atoms in total. The van der Waals surface area contributed by atoms with Crippen LogP contribution in [0.3, 0.4) is 0 Å². The largest absolute Gasteiger partial charge is 0.359 e. The van der Waals surface area contributed by atoms with E-state index in [0.29, 0.717) is 42.1 Å². The number of carbonyl (C=O) groups is 2. The molecule has 2 aromatic carbocycles. The zero-order valence-corrected chi connectivity index (χ0v) is 26.8. The number of hydrogen-bond donors (Lipinski definition) is 1. The first kappa shape index (κ1) is 30.1. The maximum Gasteiger partial charge on any atom is 0.263 e. The molecule has 0 unspecified atom stereocenters. The average molecular weight is 618 g/mol. The fraction of sp³-hybridized carbons (Fsp3) is 0.455. The molecule has 0 atom stereocenters. The van der Waals surface area contributed by atoms with Crippen LogP contribution in [0, 0.1) is 19.3 Å². The number of amides is 2. The Kier molecular flexibility index (Phi) is 7.42. The lowest BCUT2D eigenvalue weighted by atomic mass is 9.92. The van der Waals surface area contributed by atoms with Gasteiger partial charge in [0.05, 0.1) is 11.4 Å². The minimum absolute atomic E-state index is 0.0514. The molecule has 1 saturated heterocycles. The highest BCUT2D eigenvalue weighted by Crippen LogP contribution is 2.40. The molecule has 3 aromatic rings. The van der Waals surface area contributed by atoms with Crippen molar-refractivity contribution in [1.82, 2.24) is 15.0 Å². The van der Waals surface area contributed by atoms with E-state index in [4.69, 9.17) is 9.52 Å². The summed E-state index contributed by atoms with van der Waals surface area (Å²) in [6, 6.07) is 12.6. The van der Waals surface area contributed by atoms with Crippen LogP contribution < -0.4 is 4.72 Å². The van der Waals surface area contributed by atoms with Crippen molar-refractivity contribution < 1.29 is 22.5 Å². The average Bonchev–Trinajstić information content (AvgIpc) is 3.71. The number of hydrogen-bond acceptors (Lipinski definition) is 7. The Balaban J connectivity index is 1.38. The summed E-state index contributed by atoms with van der Waals surface area (Å²) >= 11 is 0. The van der Waals surface area contributed by atoms with Gasteiger partial charge in [0.2, 0.25) is 5.91 Å². The molecule has 0 bridgehead atoms. The van der Waals surface area contributed by atoms with E-state index >= 15 is 0 Å². The number of nitrogens with one attached hydrogen (secondary N) is 1. The van der Waals surface area contributed by atoms with E-state index in [-0.39, 0.29) is 22.5 Å². The van der Waals surface area contributed by atoms with E-state index in [0.717, 1.165) is 49.1 Å². The van der Waals surface area contributed by atoms with E-state index in [1.54, 1.807) is 43.0 Å². The van der Waals surface area contributed by atoms with E-state index in [1.807, 2.05) is 43.9 Å². The summed E-state index contributed by atoms with van der Waals surface area (Å²) in [5.41, 5.74) is 2.43. The zero-order chi connectivity index (χ0) is 31.4. The molecule has 2 fully saturated rings. The molecule has 1 saturated carbocycles. The predicted octanol–water partition coefficient (Wildman–Crippen LogP) is 5.59. The Morgan fingerprint density at radius 3 is 2.32 bits per heavy atom. The van der Waals surface area contributed by atoms with E-state index < -0.39 is 21.0 Å². The number of anilines is 1. The maximum absolute atomic E-state index is 13.7. The molecule has 1 spiro atoms. The molecule has 232 valence electrons. The third kappa shape index (κ3) is 5.21. The fourth-order valence-electron chi connectivity index (χ4n) is 6.64. The number of likely N-dealkylation sites (tertiary alicyclic amines) is 1. The topological polar surface area (TPSA) is 125 Å². The highest BCUT2D eigenvalue weighted by Gasteiger charge is 2.48. The molecule has 3 aliphatic rings. The van der Waals surface area contributed by atoms with Gasteiger partial charge in [-0.15, -0.1) is 0 Å². The second-order valence-electron chi connectivity index (χ2n) is 13.0. The lowest BCUT2D eigenvalue weighted by Crippen LogP contribution is -2.40. The third-order valence-electron chi connectivity index (χ3n) is 9.44. The van der Waals surface area contributed by atoms with E-state index in [1.165, 1.54) is 0 Å². The van der Waals surface area contributed by atoms with E-state index in [2.05, 4.69) is 9.88 Å². The third-order valence-corrected chi connectivity index (χ3v) is 10.8. The van der Waals surface area contributed by atoms with Gasteiger partial charge in [0, 0.05) is 29.6 Å². The quantitative estimate of drug-likeness (QED) is 0.351. The van der Waals surface area contributed by atoms with Gasteiger partial charge in [-0.05, 0) is 62.8 Å². The van der Waals surface area contributed by atoms with Crippen LogP contribution in [0.4, 0.5) is 5.82 Å². The standard InChI is InChI=1S/C33H39N5O5S/c1-21-22(2)43-35-29(21)36-44(41,42)28-11-7-6-10-27(28)26-13-12-24(18-25(26)20-37-17-16-32(4,5)30(37)39)19-38-23(3)34-33(31(38)40)14-8-9-15-33/h6-7,10-13,18H,8-9,14-17,19-20H2,1-5H3,(H,35,36). The monoisotopic (exact) mass is 617 g/mol. The molecule has 2 aliphatic heterocycles. The van der Waals surface area contributed by atoms with Crippen molar-refractivity contribution in [2.45, 2.75) is 90.2 Å². The number of aromatic nitrogens is 1. The summed E-state index contributed by atoms with van der Waals surface area (Å²) in [6.45, 7) is 10.5. The Morgan fingerprint density at radius 1 is 0.932 bits per heavy atom. The Labute approximate surface area is 258 Å². The summed E-state index contributed by atoms with van der Waals surface area (Å²) in [4.78, 5) is 35.3. The molecule has 3 heterocycles. The van der Waals surface area contributed by atoms with Crippen LogP contribution in [-0.2, 0) is 32.7 Å². The van der Waals surface area contributed by atoms with Crippen LogP contribution >= 0.6 is 0 Å². The van der Waals surface area contributed by atoms with Crippen LogP contribution in [0.15, 0.2) is 56.9 Å². The van der Waals surface area contributed by atoms with Gasteiger partial charge in [-0.25, -0.2) is 8.42 Å². The normalized spacial score (nSPS) is 19.3. The first-order valence-electron chi connectivity index (χ1n) is 15.2. The number of rotatable bonds is 8. The van der Waals surface area contributed by atoms with Gasteiger partial charge in [-0.1, -0.05) is 68.2 Å². The van der Waals surface area contributed by atoms with Gasteiger partial charge in [-0.2, -0.15) is 0 Å². The second-order valence-corrected chi connectivity index (χ2v) is 14.6. The minimum atomic E-state index is -4.05. The summed E-state index contributed by atoms with van der Waals surface area (Å²) in [5.74, 6) is 1.51. The highest BCUT2D eigenvalue weighted by atomic mass is 32.2. The first-order valence-corrected chi connectivity index (χ1v) is 16.6. The van der Waals surface area contributed by atoms with Gasteiger partial charge in [-0.3, -0.25) is 24.2 Å². The molecule has 6 rings (SSSR count). The lowest BCUT2D eigenvalue weighted by molar-refractivity contribution is -0.135. The summed E-state index contributed by atoms with van der Waals surface area (Å²) in [6.07, 6.45) is 4.31. The van der Waals surface area contributed by atoms with Crippen molar-refractivity contribution >= 4 is 33.5 Å². The van der Waals surface area contributed by atoms with Crippen LogP contribution in [-0.4, -0.2) is 53.1 Å². The smallest absolute Gasteiger partial charge is 0.263 e. The van der Waals surface area contributed by atoms with Crippen LogP contribution in [0.25, 0.3) is 11.1 Å². The van der Waals surface area contributed by atoms with Crippen LogP contribution in [0.5, 0.6) is 0 Å². The Hall–Kier alpha value is -3.99. The van der Waals surface area contributed by atoms with Gasteiger partial charge in [0.1, 0.15) is 17.1 Å². The Bertz CT molecular complexity index is 1790. The summed E-state index contributed by atoms with van der Waals surface area (Å²) in [7, 11) is -4.05. The predicted molar refractivity (Wildman–Crippen MR) is 167 cm³/mol. The zero-order valence-electron chi connectivity index (χ0n) is 25.9. The van der Waals surface area contributed by atoms with Gasteiger partial charge < -0.3 is 9.42 Å². The summed E-state index contributed by atoms with van der Waals surface area (Å²) < 4.78 is 35.2. The van der Waals surface area contributed by atoms with Crippen LogP contribution in [0.2, 0.25) is 0 Å². The molecule has 0 radical (unpaired) electrons. The number of aliphatic imine (C=N–C) groups is 1. The number of nitrogens with zero attached hydrogens (tertiary/aromatic N) is 4. The van der Waals surface area contributed by atoms with Crippen molar-refractivity contribution in [2.24, 2.45) is 10.4 Å². The number of carbonyl (C=O) groups excluding carboxylic acids is 2. The van der Waals surface area contributed by atoms with Gasteiger partial charge >= 0.3 is 0 Å². The van der Waals surface area contributed by atoms with Crippen LogP contribution in [0.1, 0.15) is 75.3 Å². The molecule has 2 amide bonds. The fourth-order valence-corrected chi connectivity index (χ4v) is 7.92. The number of amidine groups is 1. The van der Waals surface area contributed by atoms with Gasteiger partial charge in [0.15, 0.2) is 5.82 Å². The SMILES string of the molecule is CC1=NC2(CCCC2)C(=O)N1Cc1ccc(-c2ccccc2S(=O)(=O)Nc2noc(C)c2C)c(CN2CCC(C)(C)C2=O)c1. The van der Waals surface area contributed by atoms with Gasteiger partial charge in [0.25, 0.3) is 15.9 Å². The molecule has 11 heteroatoms. The van der Waals surface area contributed by atoms with Crippen molar-refractivity contribution in [3.63, 3.8) is 0 Å². The molecule has 1 aromatic heterocycles. The second kappa shape index (κ2) is 10.9. The van der Waals surface area contributed by atoms with Crippen molar-refractivity contribution in [3.8, 4) is 11.1 Å². The number of sulfonamides is 1. The number of benzene rings is 2. The van der Waals surface area contributed by atoms with Crippen molar-refractivity contribution in [2.75, 3.05) is 11.3 Å². The molecule has 1 aliphatic carbocycles. The molecule has 1 N–H and O–H groups in total. The molecular formula is C33H39N5O5S. The van der Waals surface area contributed by atoms with Crippen molar-refractivity contribution in [1.29, 1.82) is 0 Å². The molecular weight excluding hydrogens is 578 g/mol. The summed E-state index contributed by atoms with van der Waals surface area (Å²) in [5, 5.41) is 3.88. The number of aryl methyl sites for hydroxylation is 1. The van der Waals surface area contributed by atoms with E-state index in [9.17, 15) is 18.0 Å². The first-order chi connectivity index (χ1) is 20.8. The maximum atomic E-state index is 13.7. The molecule has 44 heavy (non-hydrogen) atoms. The van der Waals surface area contributed by atoms with Crippen molar-refractivity contribution in [3.05, 3.63) is 64.9 Å².